The van der Waals surface area contributed by atoms with Crippen molar-refractivity contribution in [2.24, 2.45) is 0 Å². The van der Waals surface area contributed by atoms with Crippen molar-refractivity contribution in [3.05, 3.63) is 77.5 Å². The molecule has 0 fully saturated rings. The minimum Gasteiger partial charge on any atom is -0.495 e. The van der Waals surface area contributed by atoms with E-state index in [9.17, 15) is 4.79 Å². The Morgan fingerprint density at radius 3 is 2.76 bits per heavy atom. The first kappa shape index (κ1) is 25.5. The minimum atomic E-state index is -0.345. The van der Waals surface area contributed by atoms with Crippen LogP contribution in [0.1, 0.15) is 30.0 Å². The van der Waals surface area contributed by atoms with Crippen LogP contribution in [0.25, 0.3) is 38.3 Å². The standard InChI is InChI=1S/C30H30N4O3S/c1-4-34(5-2)14-8-10-21-17-32-29(31)27-22(18-38-28(21)27)19-12-13-23(25(15-19)36-3)33-30(35)26-16-20-9-6-7-11-24(20)37-26/h6-13,15-18H,4-5,14H2,1-3H3,(H2,31,32)(H,33,35)/b10-8+. The number of likely N-dealkylation sites (N-methyl/N-ethyl adjacent to an activating group) is 1. The van der Waals surface area contributed by atoms with E-state index in [0.717, 1.165) is 51.8 Å². The fourth-order valence-corrected chi connectivity index (χ4v) is 5.55. The lowest BCUT2D eigenvalue weighted by Gasteiger charge is -2.14. The molecule has 0 unspecified atom stereocenters. The summed E-state index contributed by atoms with van der Waals surface area (Å²) in [6.45, 7) is 7.23. The van der Waals surface area contributed by atoms with Crippen molar-refractivity contribution >= 4 is 55.9 Å². The number of amides is 1. The highest BCUT2D eigenvalue weighted by Gasteiger charge is 2.18. The second kappa shape index (κ2) is 11.1. The van der Waals surface area contributed by atoms with Crippen molar-refractivity contribution in [2.75, 3.05) is 37.8 Å². The summed E-state index contributed by atoms with van der Waals surface area (Å²) in [4.78, 5) is 19.7. The Kier molecular flexibility index (Phi) is 7.44. The Morgan fingerprint density at radius 2 is 2.00 bits per heavy atom. The number of nitrogens with two attached hydrogens (primary N) is 1. The van der Waals surface area contributed by atoms with Crippen molar-refractivity contribution in [3.8, 4) is 16.9 Å². The second-order valence-electron chi connectivity index (χ2n) is 8.86. The molecule has 0 aliphatic heterocycles. The number of pyridine rings is 1. The maximum atomic E-state index is 12.9. The fourth-order valence-electron chi connectivity index (χ4n) is 4.47. The van der Waals surface area contributed by atoms with Crippen LogP contribution in [0.15, 0.2) is 70.6 Å². The van der Waals surface area contributed by atoms with Gasteiger partial charge in [-0.15, -0.1) is 11.3 Å². The van der Waals surface area contributed by atoms with E-state index in [0.29, 0.717) is 22.8 Å². The molecule has 3 aromatic heterocycles. The van der Waals surface area contributed by atoms with E-state index in [1.807, 2.05) is 48.7 Å². The lowest BCUT2D eigenvalue weighted by Crippen LogP contribution is -2.22. The number of aromatic nitrogens is 1. The Morgan fingerprint density at radius 1 is 1.18 bits per heavy atom. The normalized spacial score (nSPS) is 11.7. The van der Waals surface area contributed by atoms with E-state index >= 15 is 0 Å². The number of hydrogen-bond acceptors (Lipinski definition) is 7. The number of ether oxygens (including phenoxy) is 1. The van der Waals surface area contributed by atoms with Crippen LogP contribution < -0.4 is 15.8 Å². The molecule has 5 aromatic rings. The van der Waals surface area contributed by atoms with Gasteiger partial charge in [-0.1, -0.05) is 50.3 Å². The van der Waals surface area contributed by atoms with Crippen LogP contribution in [0.5, 0.6) is 5.75 Å². The minimum absolute atomic E-state index is 0.238. The lowest BCUT2D eigenvalue weighted by atomic mass is 10.0. The van der Waals surface area contributed by atoms with Crippen LogP contribution in [0.2, 0.25) is 0 Å². The van der Waals surface area contributed by atoms with Gasteiger partial charge in [0.15, 0.2) is 5.76 Å². The highest BCUT2D eigenvalue weighted by atomic mass is 32.1. The van der Waals surface area contributed by atoms with Gasteiger partial charge in [0, 0.05) is 39.3 Å². The fraction of sp³-hybridized carbons (Fsp3) is 0.200. The molecule has 2 aromatic carbocycles. The molecule has 0 bridgehead atoms. The molecule has 0 spiro atoms. The van der Waals surface area contributed by atoms with E-state index < -0.39 is 0 Å². The van der Waals surface area contributed by atoms with Gasteiger partial charge in [-0.3, -0.25) is 4.79 Å². The van der Waals surface area contributed by atoms with Gasteiger partial charge in [0.1, 0.15) is 17.2 Å². The highest BCUT2D eigenvalue weighted by molar-refractivity contribution is 7.18. The van der Waals surface area contributed by atoms with Crippen LogP contribution in [-0.4, -0.2) is 42.5 Å². The number of nitrogens with zero attached hydrogens (tertiary/aromatic N) is 2. The van der Waals surface area contributed by atoms with Gasteiger partial charge < -0.3 is 25.1 Å². The smallest absolute Gasteiger partial charge is 0.291 e. The topological polar surface area (TPSA) is 93.6 Å². The quantitative estimate of drug-likeness (QED) is 0.217. The van der Waals surface area contributed by atoms with Crippen LogP contribution in [0, 0.1) is 0 Å². The first-order valence-electron chi connectivity index (χ1n) is 12.5. The van der Waals surface area contributed by atoms with E-state index in [1.165, 1.54) is 0 Å². The molecule has 8 heteroatoms. The molecule has 38 heavy (non-hydrogen) atoms. The summed E-state index contributed by atoms with van der Waals surface area (Å²) in [5.74, 6) is 0.913. The zero-order valence-electron chi connectivity index (χ0n) is 21.7. The number of hydrogen-bond donors (Lipinski definition) is 2. The summed E-state index contributed by atoms with van der Waals surface area (Å²) in [5.41, 5.74) is 10.5. The molecule has 0 saturated heterocycles. The summed E-state index contributed by atoms with van der Waals surface area (Å²) >= 11 is 1.64. The molecule has 3 heterocycles. The van der Waals surface area contributed by atoms with E-state index in [-0.39, 0.29) is 11.7 Å². The number of furan rings is 1. The number of benzene rings is 2. The number of methoxy groups -OCH3 is 1. The van der Waals surface area contributed by atoms with Gasteiger partial charge in [0.25, 0.3) is 5.91 Å². The molecule has 0 aliphatic carbocycles. The zero-order valence-corrected chi connectivity index (χ0v) is 22.5. The number of fused-ring (bicyclic) bond motifs is 2. The number of nitrogens with one attached hydrogen (secondary N) is 1. The summed E-state index contributed by atoms with van der Waals surface area (Å²) in [6, 6.07) is 14.9. The summed E-state index contributed by atoms with van der Waals surface area (Å²) in [5, 5.41) is 6.79. The van der Waals surface area contributed by atoms with Gasteiger partial charge in [-0.05, 0) is 48.3 Å². The van der Waals surface area contributed by atoms with Crippen molar-refractivity contribution in [1.29, 1.82) is 0 Å². The number of nitrogen functional groups attached to an aromatic ring is 1. The maximum absolute atomic E-state index is 12.9. The van der Waals surface area contributed by atoms with Crippen molar-refractivity contribution in [3.63, 3.8) is 0 Å². The van der Waals surface area contributed by atoms with Gasteiger partial charge in [-0.2, -0.15) is 0 Å². The molecule has 0 atom stereocenters. The van der Waals surface area contributed by atoms with Crippen molar-refractivity contribution in [2.45, 2.75) is 13.8 Å². The predicted molar refractivity (Wildman–Crippen MR) is 157 cm³/mol. The molecule has 1 amide bonds. The third kappa shape index (κ3) is 5.01. The highest BCUT2D eigenvalue weighted by Crippen LogP contribution is 2.41. The first-order valence-corrected chi connectivity index (χ1v) is 13.4. The summed E-state index contributed by atoms with van der Waals surface area (Å²) in [6.07, 6.45) is 6.11. The van der Waals surface area contributed by atoms with Crippen LogP contribution in [0.3, 0.4) is 0 Å². The van der Waals surface area contributed by atoms with Crippen molar-refractivity contribution < 1.29 is 13.9 Å². The van der Waals surface area contributed by atoms with Crippen molar-refractivity contribution in [1.82, 2.24) is 9.88 Å². The predicted octanol–water partition coefficient (Wildman–Crippen LogP) is 6.91. The number of carbonyl (C=O) groups excluding carboxylic acids is 1. The molecule has 0 saturated carbocycles. The number of anilines is 2. The maximum Gasteiger partial charge on any atom is 0.291 e. The van der Waals surface area contributed by atoms with E-state index in [2.05, 4.69) is 46.6 Å². The van der Waals surface area contributed by atoms with Crippen LogP contribution >= 0.6 is 11.3 Å². The second-order valence-corrected chi connectivity index (χ2v) is 9.74. The summed E-state index contributed by atoms with van der Waals surface area (Å²) in [7, 11) is 1.58. The molecule has 0 radical (unpaired) electrons. The van der Waals surface area contributed by atoms with Gasteiger partial charge in [0.05, 0.1) is 12.8 Å². The Balaban J connectivity index is 1.43. The number of thiophene rings is 1. The van der Waals surface area contributed by atoms with Gasteiger partial charge >= 0.3 is 0 Å². The number of rotatable bonds is 9. The Bertz CT molecular complexity index is 1600. The monoisotopic (exact) mass is 526 g/mol. The summed E-state index contributed by atoms with van der Waals surface area (Å²) < 4.78 is 12.4. The molecular weight excluding hydrogens is 496 g/mol. The molecule has 7 nitrogen and oxygen atoms in total. The third-order valence-electron chi connectivity index (χ3n) is 6.62. The van der Waals surface area contributed by atoms with Crippen LogP contribution in [-0.2, 0) is 0 Å². The number of para-hydroxylation sites is 1. The first-order chi connectivity index (χ1) is 18.5. The van der Waals surface area contributed by atoms with Gasteiger partial charge in [0.2, 0.25) is 0 Å². The lowest BCUT2D eigenvalue weighted by molar-refractivity contribution is 0.0998. The Labute approximate surface area is 225 Å². The van der Waals surface area contributed by atoms with E-state index in [4.69, 9.17) is 14.9 Å². The average Bonchev–Trinajstić information content (AvgIpc) is 3.58. The SMILES string of the molecule is CCN(CC)C/C=C/c1cnc(N)c2c(-c3ccc(NC(=O)c4cc5ccccc5o4)c(OC)c3)csc12. The molecule has 3 N–H and O–H groups in total. The zero-order chi connectivity index (χ0) is 26.6. The van der Waals surface area contributed by atoms with Crippen LogP contribution in [0.4, 0.5) is 11.5 Å². The number of carbonyl (C=O) groups is 1. The molecule has 194 valence electrons. The third-order valence-corrected chi connectivity index (χ3v) is 7.65. The molecular formula is C30H30N4O3S. The molecule has 0 aliphatic rings. The van der Waals surface area contributed by atoms with E-state index in [1.54, 1.807) is 24.5 Å². The largest absolute Gasteiger partial charge is 0.495 e. The average molecular weight is 527 g/mol. The molecule has 5 rings (SSSR count). The van der Waals surface area contributed by atoms with Gasteiger partial charge in [-0.25, -0.2) is 4.98 Å². The Hall–Kier alpha value is -4.14.